The fraction of sp³-hybridized carbons (Fsp3) is 0.263. The van der Waals surface area contributed by atoms with Crippen LogP contribution in [0.1, 0.15) is 29.5 Å². The molecule has 2 aromatic rings. The van der Waals surface area contributed by atoms with E-state index in [1.165, 1.54) is 0 Å². The average molecular weight is 358 g/mol. The molecule has 1 fully saturated rings. The molecule has 0 N–H and O–H groups in total. The maximum atomic E-state index is 12.8. The quantitative estimate of drug-likeness (QED) is 0.581. The van der Waals surface area contributed by atoms with Crippen molar-refractivity contribution in [2.24, 2.45) is 5.92 Å². The van der Waals surface area contributed by atoms with Gasteiger partial charge in [0.25, 0.3) is 0 Å². The minimum Gasteiger partial charge on any atom is -0.466 e. The molecule has 3 nitrogen and oxygen atoms in total. The Morgan fingerprint density at radius 2 is 1.67 bits per heavy atom. The molecule has 24 heavy (non-hydrogen) atoms. The number of ether oxygens (including phenoxy) is 1. The van der Waals surface area contributed by atoms with E-state index in [4.69, 9.17) is 4.74 Å². The van der Waals surface area contributed by atoms with E-state index in [-0.39, 0.29) is 17.7 Å². The molecule has 3 rings (SSSR count). The van der Waals surface area contributed by atoms with E-state index < -0.39 is 0 Å². The molecule has 0 atom stereocenters. The lowest BCUT2D eigenvalue weighted by Crippen LogP contribution is -2.27. The lowest BCUT2D eigenvalue weighted by atomic mass is 9.80. The van der Waals surface area contributed by atoms with Crippen LogP contribution in [0.5, 0.6) is 0 Å². The first-order valence-electron chi connectivity index (χ1n) is 7.87. The van der Waals surface area contributed by atoms with Gasteiger partial charge in [-0.1, -0.05) is 12.1 Å². The summed E-state index contributed by atoms with van der Waals surface area (Å²) in [5.41, 5.74) is 1.37. The topological polar surface area (TPSA) is 43.4 Å². The molecule has 1 aliphatic rings. The first-order valence-corrected chi connectivity index (χ1v) is 9.62. The number of rotatable bonds is 4. The lowest BCUT2D eigenvalue weighted by molar-refractivity contribution is -0.148. The lowest BCUT2D eigenvalue weighted by Gasteiger charge is -2.24. The second-order valence-corrected chi connectivity index (χ2v) is 7.51. The van der Waals surface area contributed by atoms with Crippen LogP contribution in [0.4, 0.5) is 0 Å². The van der Waals surface area contributed by atoms with Gasteiger partial charge in [0.15, 0.2) is 5.78 Å². The van der Waals surface area contributed by atoms with Gasteiger partial charge in [0.1, 0.15) is 0 Å². The van der Waals surface area contributed by atoms with Gasteiger partial charge in [0.05, 0.1) is 12.5 Å². The number of hydrogen-bond donors (Lipinski definition) is 0. The summed E-state index contributed by atoms with van der Waals surface area (Å²) in [5, 5.41) is 3.95. The highest BCUT2D eigenvalue weighted by molar-refractivity contribution is 7.11. The van der Waals surface area contributed by atoms with Gasteiger partial charge in [-0.2, -0.15) is 0 Å². The molecule has 5 heteroatoms. The zero-order valence-corrected chi connectivity index (χ0v) is 15.0. The summed E-state index contributed by atoms with van der Waals surface area (Å²) in [6.45, 7) is 2.16. The molecule has 2 aromatic heterocycles. The Morgan fingerprint density at radius 3 is 2.08 bits per heavy atom. The molecule has 1 saturated carbocycles. The number of hydrogen-bond acceptors (Lipinski definition) is 5. The fourth-order valence-electron chi connectivity index (χ4n) is 2.76. The summed E-state index contributed by atoms with van der Waals surface area (Å²) >= 11 is 3.17. The van der Waals surface area contributed by atoms with Crippen LogP contribution < -0.4 is 0 Å². The van der Waals surface area contributed by atoms with E-state index in [0.29, 0.717) is 30.6 Å². The Kier molecular flexibility index (Phi) is 5.43. The summed E-state index contributed by atoms with van der Waals surface area (Å²) < 4.78 is 5.18. The molecule has 0 aliphatic heterocycles. The Balaban J connectivity index is 1.93. The van der Waals surface area contributed by atoms with Gasteiger partial charge < -0.3 is 4.74 Å². The normalized spacial score (nSPS) is 21.4. The van der Waals surface area contributed by atoms with Gasteiger partial charge >= 0.3 is 5.97 Å². The van der Waals surface area contributed by atoms with Gasteiger partial charge in [0.2, 0.25) is 0 Å². The molecule has 0 bridgehead atoms. The average Bonchev–Trinajstić information content (AvgIpc) is 3.25. The van der Waals surface area contributed by atoms with Crippen molar-refractivity contribution >= 4 is 46.6 Å². The smallest absolute Gasteiger partial charge is 0.309 e. The number of Topliss-reactive ketones (excluding diaryl/α,β-unsaturated/α-hetero) is 1. The van der Waals surface area contributed by atoms with Crippen LogP contribution in [0, 0.1) is 5.92 Å². The molecule has 1 aliphatic carbocycles. The molecular formula is C19H18O3S2. The van der Waals surface area contributed by atoms with Crippen LogP contribution in [0.2, 0.25) is 0 Å². The zero-order valence-electron chi connectivity index (χ0n) is 13.4. The van der Waals surface area contributed by atoms with Gasteiger partial charge in [0, 0.05) is 20.9 Å². The molecule has 0 amide bonds. The Bertz CT molecular complexity index is 711. The first kappa shape index (κ1) is 16.9. The third-order valence-electron chi connectivity index (χ3n) is 3.86. The SMILES string of the molecule is CCOC(=O)C1CC(=Cc2cccs2)C(=O)C(=Cc2cccs2)C1. The van der Waals surface area contributed by atoms with Crippen LogP contribution >= 0.6 is 22.7 Å². The van der Waals surface area contributed by atoms with E-state index in [9.17, 15) is 9.59 Å². The Hall–Kier alpha value is -1.98. The van der Waals surface area contributed by atoms with Crippen LogP contribution in [-0.2, 0) is 14.3 Å². The predicted molar refractivity (Wildman–Crippen MR) is 99.0 cm³/mol. The monoisotopic (exact) mass is 358 g/mol. The summed E-state index contributed by atoms with van der Waals surface area (Å²) in [4.78, 5) is 27.1. The highest BCUT2D eigenvalue weighted by Gasteiger charge is 2.33. The maximum absolute atomic E-state index is 12.8. The van der Waals surface area contributed by atoms with Crippen molar-refractivity contribution in [2.75, 3.05) is 6.61 Å². The number of ketones is 1. The highest BCUT2D eigenvalue weighted by atomic mass is 32.1. The third kappa shape index (κ3) is 3.91. The van der Waals surface area contributed by atoms with E-state index in [1.54, 1.807) is 29.6 Å². The van der Waals surface area contributed by atoms with Gasteiger partial charge in [-0.05, 0) is 54.8 Å². The van der Waals surface area contributed by atoms with Gasteiger partial charge in [-0.15, -0.1) is 22.7 Å². The Morgan fingerprint density at radius 1 is 1.12 bits per heavy atom. The number of thiophene rings is 2. The van der Waals surface area contributed by atoms with Crippen molar-refractivity contribution in [1.29, 1.82) is 0 Å². The number of carbonyl (C=O) groups excluding carboxylic acids is 2. The molecule has 0 unspecified atom stereocenters. The summed E-state index contributed by atoms with van der Waals surface area (Å²) in [6, 6.07) is 7.86. The van der Waals surface area contributed by atoms with Crippen LogP contribution in [0.3, 0.4) is 0 Å². The summed E-state index contributed by atoms with van der Waals surface area (Å²) in [5.74, 6) is -0.475. The third-order valence-corrected chi connectivity index (χ3v) is 5.49. The molecular weight excluding hydrogens is 340 g/mol. The van der Waals surface area contributed by atoms with Crippen molar-refractivity contribution in [1.82, 2.24) is 0 Å². The molecule has 0 aromatic carbocycles. The van der Waals surface area contributed by atoms with Crippen molar-refractivity contribution < 1.29 is 14.3 Å². The fourth-order valence-corrected chi connectivity index (χ4v) is 4.12. The second kappa shape index (κ2) is 7.73. The van der Waals surface area contributed by atoms with Crippen LogP contribution in [0.25, 0.3) is 12.2 Å². The first-order chi connectivity index (χ1) is 11.7. The zero-order chi connectivity index (χ0) is 16.9. The van der Waals surface area contributed by atoms with Crippen LogP contribution in [-0.4, -0.2) is 18.4 Å². The molecule has 0 radical (unpaired) electrons. The van der Waals surface area contributed by atoms with Crippen molar-refractivity contribution in [2.45, 2.75) is 19.8 Å². The summed E-state index contributed by atoms with van der Waals surface area (Å²) in [6.07, 6.45) is 4.69. The predicted octanol–water partition coefficient (Wildman–Crippen LogP) is 4.82. The number of carbonyl (C=O) groups is 2. The van der Waals surface area contributed by atoms with Gasteiger partial charge in [-0.3, -0.25) is 9.59 Å². The second-order valence-electron chi connectivity index (χ2n) is 5.56. The van der Waals surface area contributed by atoms with E-state index >= 15 is 0 Å². The van der Waals surface area contributed by atoms with Crippen molar-refractivity contribution in [3.8, 4) is 0 Å². The Labute approximate surface area is 149 Å². The minimum atomic E-state index is -0.292. The van der Waals surface area contributed by atoms with E-state index in [1.807, 2.05) is 47.2 Å². The summed E-state index contributed by atoms with van der Waals surface area (Å²) in [7, 11) is 0. The molecule has 124 valence electrons. The van der Waals surface area contributed by atoms with Crippen LogP contribution in [0.15, 0.2) is 46.2 Å². The van der Waals surface area contributed by atoms with E-state index in [2.05, 4.69) is 0 Å². The molecule has 0 spiro atoms. The number of esters is 1. The molecule has 0 saturated heterocycles. The van der Waals surface area contributed by atoms with E-state index in [0.717, 1.165) is 9.75 Å². The van der Waals surface area contributed by atoms with Crippen molar-refractivity contribution in [3.63, 3.8) is 0 Å². The molecule has 2 heterocycles. The maximum Gasteiger partial charge on any atom is 0.309 e. The largest absolute Gasteiger partial charge is 0.466 e. The van der Waals surface area contributed by atoms with Gasteiger partial charge in [-0.25, -0.2) is 0 Å². The van der Waals surface area contributed by atoms with Crippen molar-refractivity contribution in [3.05, 3.63) is 55.9 Å². The number of allylic oxidation sites excluding steroid dienone is 2. The minimum absolute atomic E-state index is 0.0392. The standard InChI is InChI=1S/C19H18O3S2/c1-2-22-19(21)15-9-13(11-16-5-3-7-23-16)18(20)14(10-15)12-17-6-4-8-24-17/h3-8,11-12,15H,2,9-10H2,1H3. The highest BCUT2D eigenvalue weighted by Crippen LogP contribution is 2.34.